The fourth-order valence-electron chi connectivity index (χ4n) is 1.63. The molecule has 2 rings (SSSR count). The molecular weight excluding hydrogens is 238 g/mol. The molecular formula is C14H11F2O2. The van der Waals surface area contributed by atoms with Crippen molar-refractivity contribution in [2.75, 3.05) is 14.2 Å². The normalized spacial score (nSPS) is 10.2. The average Bonchev–Trinajstić information content (AvgIpc) is 2.38. The van der Waals surface area contributed by atoms with Crippen LogP contribution in [0.5, 0.6) is 11.5 Å². The Morgan fingerprint density at radius 1 is 0.944 bits per heavy atom. The molecule has 0 N–H and O–H groups in total. The number of benzene rings is 2. The van der Waals surface area contributed by atoms with E-state index in [1.54, 1.807) is 18.2 Å². The maximum Gasteiger partial charge on any atom is 0.142 e. The lowest BCUT2D eigenvalue weighted by Crippen LogP contribution is -1.91. The molecule has 0 saturated carbocycles. The van der Waals surface area contributed by atoms with Crippen molar-refractivity contribution in [3.05, 3.63) is 48.0 Å². The molecule has 0 spiro atoms. The van der Waals surface area contributed by atoms with Gasteiger partial charge in [0.1, 0.15) is 23.1 Å². The van der Waals surface area contributed by atoms with Gasteiger partial charge in [0.15, 0.2) is 0 Å². The summed E-state index contributed by atoms with van der Waals surface area (Å²) in [7, 11) is 3.01. The number of ether oxygens (including phenoxy) is 2. The maximum atomic E-state index is 13.6. The smallest absolute Gasteiger partial charge is 0.142 e. The third kappa shape index (κ3) is 2.42. The first-order valence-corrected chi connectivity index (χ1v) is 5.25. The van der Waals surface area contributed by atoms with Crippen molar-refractivity contribution >= 4 is 0 Å². The minimum atomic E-state index is -0.745. The maximum absolute atomic E-state index is 13.6. The largest absolute Gasteiger partial charge is 0.497 e. The predicted molar refractivity (Wildman–Crippen MR) is 63.7 cm³/mol. The molecule has 2 nitrogen and oxygen atoms in total. The van der Waals surface area contributed by atoms with Crippen LogP contribution in [-0.2, 0) is 0 Å². The van der Waals surface area contributed by atoms with Crippen LogP contribution in [0.15, 0.2) is 30.3 Å². The number of hydrogen-bond donors (Lipinski definition) is 0. The monoisotopic (exact) mass is 249 g/mol. The Labute approximate surface area is 104 Å². The van der Waals surface area contributed by atoms with Crippen LogP contribution in [0.25, 0.3) is 11.1 Å². The highest BCUT2D eigenvalue weighted by Gasteiger charge is 2.10. The summed E-state index contributed by atoms with van der Waals surface area (Å²) in [5.74, 6) is -0.405. The Bertz CT molecular complexity index is 545. The molecule has 4 heteroatoms. The molecule has 0 saturated heterocycles. The second-order valence-corrected chi connectivity index (χ2v) is 3.64. The lowest BCUT2D eigenvalue weighted by molar-refractivity contribution is 0.394. The van der Waals surface area contributed by atoms with Crippen molar-refractivity contribution in [1.29, 1.82) is 0 Å². The lowest BCUT2D eigenvalue weighted by Gasteiger charge is -2.09. The minimum Gasteiger partial charge on any atom is -0.497 e. The minimum absolute atomic E-state index is 0.244. The second-order valence-electron chi connectivity index (χ2n) is 3.64. The van der Waals surface area contributed by atoms with Crippen LogP contribution in [0, 0.1) is 17.7 Å². The summed E-state index contributed by atoms with van der Waals surface area (Å²) in [5, 5.41) is 0. The van der Waals surface area contributed by atoms with Gasteiger partial charge >= 0.3 is 0 Å². The van der Waals surface area contributed by atoms with Gasteiger partial charge in [-0.25, -0.2) is 8.78 Å². The Morgan fingerprint density at radius 2 is 1.56 bits per heavy atom. The number of halogens is 2. The summed E-state index contributed by atoms with van der Waals surface area (Å²) in [6, 6.07) is 9.48. The zero-order valence-electron chi connectivity index (χ0n) is 9.96. The topological polar surface area (TPSA) is 18.5 Å². The van der Waals surface area contributed by atoms with E-state index in [2.05, 4.69) is 0 Å². The molecule has 0 aliphatic rings. The molecule has 2 aromatic carbocycles. The number of methoxy groups -OCH3 is 2. The highest BCUT2D eigenvalue weighted by molar-refractivity contribution is 5.67. The molecule has 0 unspecified atom stereocenters. The second kappa shape index (κ2) is 5.04. The summed E-state index contributed by atoms with van der Waals surface area (Å²) >= 11 is 0. The van der Waals surface area contributed by atoms with E-state index >= 15 is 0 Å². The molecule has 0 aliphatic heterocycles. The fraction of sp³-hybridized carbons (Fsp3) is 0.143. The van der Waals surface area contributed by atoms with Gasteiger partial charge in [0.05, 0.1) is 20.3 Å². The van der Waals surface area contributed by atoms with E-state index in [1.165, 1.54) is 20.3 Å². The molecule has 1 radical (unpaired) electrons. The first-order chi connectivity index (χ1) is 8.63. The van der Waals surface area contributed by atoms with Crippen molar-refractivity contribution in [3.8, 4) is 22.6 Å². The van der Waals surface area contributed by atoms with E-state index in [0.717, 1.165) is 6.07 Å². The van der Waals surface area contributed by atoms with Crippen molar-refractivity contribution < 1.29 is 18.3 Å². The average molecular weight is 249 g/mol. The third-order valence-electron chi connectivity index (χ3n) is 2.52. The standard InChI is InChI=1S/C14H11F2O2/c1-17-11-5-9(6-12(8-11)18-2)13-4-3-10(15)7-14(13)16/h3-6,8H,1-2H3. The van der Waals surface area contributed by atoms with Gasteiger partial charge in [0, 0.05) is 11.6 Å². The molecule has 2 aromatic rings. The van der Waals surface area contributed by atoms with Crippen LogP contribution in [0.3, 0.4) is 0 Å². The predicted octanol–water partition coefficient (Wildman–Crippen LogP) is 3.45. The van der Waals surface area contributed by atoms with Gasteiger partial charge in [-0.15, -0.1) is 0 Å². The quantitative estimate of drug-likeness (QED) is 0.829. The van der Waals surface area contributed by atoms with Crippen molar-refractivity contribution in [3.63, 3.8) is 0 Å². The van der Waals surface area contributed by atoms with Crippen LogP contribution in [0.4, 0.5) is 8.78 Å². The van der Waals surface area contributed by atoms with Gasteiger partial charge in [-0.2, -0.15) is 0 Å². The Balaban J connectivity index is 2.55. The van der Waals surface area contributed by atoms with Gasteiger partial charge in [-0.1, -0.05) is 0 Å². The van der Waals surface area contributed by atoms with Crippen molar-refractivity contribution in [1.82, 2.24) is 0 Å². The number of hydrogen-bond acceptors (Lipinski definition) is 2. The highest BCUT2D eigenvalue weighted by Crippen LogP contribution is 2.31. The molecule has 0 bridgehead atoms. The first kappa shape index (κ1) is 12.4. The summed E-state index contributed by atoms with van der Waals surface area (Å²) in [5.41, 5.74) is 0.786. The lowest BCUT2D eigenvalue weighted by atomic mass is 10.0. The Morgan fingerprint density at radius 3 is 2.06 bits per heavy atom. The summed E-state index contributed by atoms with van der Waals surface area (Å²) in [6.07, 6.45) is 0. The van der Waals surface area contributed by atoms with Gasteiger partial charge in [0.2, 0.25) is 0 Å². The summed E-state index contributed by atoms with van der Waals surface area (Å²) in [4.78, 5) is 0. The van der Waals surface area contributed by atoms with Gasteiger partial charge in [-0.3, -0.25) is 0 Å². The van der Waals surface area contributed by atoms with Gasteiger partial charge in [0.25, 0.3) is 0 Å². The Hall–Kier alpha value is -2.10. The van der Waals surface area contributed by atoms with Crippen molar-refractivity contribution in [2.45, 2.75) is 0 Å². The van der Waals surface area contributed by atoms with Crippen LogP contribution < -0.4 is 9.47 Å². The summed E-state index contributed by atoms with van der Waals surface area (Å²) < 4.78 is 36.6. The molecule has 0 aliphatic carbocycles. The molecule has 0 fully saturated rings. The zero-order chi connectivity index (χ0) is 13.1. The van der Waals surface area contributed by atoms with Crippen LogP contribution in [0.2, 0.25) is 0 Å². The number of rotatable bonds is 3. The first-order valence-electron chi connectivity index (χ1n) is 5.25. The molecule has 0 amide bonds. The fourth-order valence-corrected chi connectivity index (χ4v) is 1.63. The molecule has 0 heterocycles. The van der Waals surface area contributed by atoms with Crippen LogP contribution in [0.1, 0.15) is 0 Å². The highest BCUT2D eigenvalue weighted by atomic mass is 19.1. The van der Waals surface area contributed by atoms with Crippen LogP contribution in [-0.4, -0.2) is 14.2 Å². The van der Waals surface area contributed by atoms with E-state index < -0.39 is 11.6 Å². The molecule has 93 valence electrons. The van der Waals surface area contributed by atoms with Gasteiger partial charge < -0.3 is 9.47 Å². The van der Waals surface area contributed by atoms with Gasteiger partial charge in [-0.05, 0) is 29.8 Å². The van der Waals surface area contributed by atoms with E-state index in [4.69, 9.17) is 9.47 Å². The van der Waals surface area contributed by atoms with E-state index in [1.807, 2.05) is 6.07 Å². The Kier molecular flexibility index (Phi) is 3.46. The van der Waals surface area contributed by atoms with E-state index in [9.17, 15) is 8.78 Å². The zero-order valence-corrected chi connectivity index (χ0v) is 9.96. The third-order valence-corrected chi connectivity index (χ3v) is 2.52. The van der Waals surface area contributed by atoms with E-state index in [-0.39, 0.29) is 5.56 Å². The molecule has 18 heavy (non-hydrogen) atoms. The van der Waals surface area contributed by atoms with Crippen LogP contribution >= 0.6 is 0 Å². The summed E-state index contributed by atoms with van der Waals surface area (Å²) in [6.45, 7) is 0. The van der Waals surface area contributed by atoms with E-state index in [0.29, 0.717) is 17.1 Å². The SMILES string of the molecule is COc1cc(OC)cc(-c2ccc(F)[c]c2F)c1. The molecule has 0 atom stereocenters. The van der Waals surface area contributed by atoms with Crippen molar-refractivity contribution in [2.24, 2.45) is 0 Å². The molecule has 0 aromatic heterocycles.